The van der Waals surface area contributed by atoms with Gasteiger partial charge in [-0.15, -0.1) is 0 Å². The van der Waals surface area contributed by atoms with Gasteiger partial charge < -0.3 is 4.42 Å². The molecule has 1 aromatic heterocycles. The van der Waals surface area contributed by atoms with E-state index in [1.54, 1.807) is 0 Å². The molecule has 0 radical (unpaired) electrons. The van der Waals surface area contributed by atoms with Crippen LogP contribution in [0.3, 0.4) is 0 Å². The van der Waals surface area contributed by atoms with Gasteiger partial charge in [0, 0.05) is 32.1 Å². The van der Waals surface area contributed by atoms with E-state index in [0.29, 0.717) is 6.04 Å². The number of likely N-dealkylation sites (N-methyl/N-ethyl adjacent to an activating group) is 1. The molecule has 2 heterocycles. The Labute approximate surface area is 143 Å². The van der Waals surface area contributed by atoms with E-state index in [-0.39, 0.29) is 0 Å². The van der Waals surface area contributed by atoms with Crippen molar-refractivity contribution in [3.05, 3.63) is 53.2 Å². The highest BCUT2D eigenvalue weighted by atomic mass is 16.4. The smallest absolute Gasteiger partial charge is 0.208 e. The molecule has 0 spiro atoms. The Morgan fingerprint density at radius 3 is 2.83 bits per heavy atom. The lowest BCUT2D eigenvalue weighted by molar-refractivity contribution is 0.204. The van der Waals surface area contributed by atoms with Gasteiger partial charge in [-0.25, -0.2) is 4.98 Å². The predicted molar refractivity (Wildman–Crippen MR) is 92.2 cm³/mol. The molecule has 0 bridgehead atoms. The summed E-state index contributed by atoms with van der Waals surface area (Å²) in [7, 11) is 2.14. The highest BCUT2D eigenvalue weighted by molar-refractivity contribution is 5.31. The minimum absolute atomic E-state index is 0.528. The van der Waals surface area contributed by atoms with Gasteiger partial charge >= 0.3 is 0 Å². The zero-order valence-corrected chi connectivity index (χ0v) is 14.4. The Morgan fingerprint density at radius 1 is 1.38 bits per heavy atom. The van der Waals surface area contributed by atoms with Crippen LogP contribution in [-0.2, 0) is 19.5 Å². The zero-order valence-electron chi connectivity index (χ0n) is 14.4. The van der Waals surface area contributed by atoms with Crippen molar-refractivity contribution in [3.63, 3.8) is 0 Å². The van der Waals surface area contributed by atoms with Crippen molar-refractivity contribution in [2.75, 3.05) is 20.1 Å². The van der Waals surface area contributed by atoms with Crippen LogP contribution in [0.4, 0.5) is 0 Å². The quantitative estimate of drug-likeness (QED) is 0.818. The number of nitrogens with zero attached hydrogens (tertiary/aromatic N) is 4. The highest BCUT2D eigenvalue weighted by Crippen LogP contribution is 2.19. The van der Waals surface area contributed by atoms with Gasteiger partial charge in [-0.3, -0.25) is 9.80 Å². The Bertz CT molecular complexity index is 701. The van der Waals surface area contributed by atoms with E-state index < -0.39 is 0 Å². The fourth-order valence-corrected chi connectivity index (χ4v) is 3.19. The molecule has 0 aliphatic carbocycles. The average Bonchev–Trinajstić information content (AvgIpc) is 3.25. The monoisotopic (exact) mass is 324 g/mol. The first-order valence-corrected chi connectivity index (χ1v) is 8.53. The van der Waals surface area contributed by atoms with Crippen LogP contribution in [0.2, 0.25) is 0 Å². The van der Waals surface area contributed by atoms with Gasteiger partial charge in [0.1, 0.15) is 5.76 Å². The van der Waals surface area contributed by atoms with Gasteiger partial charge in [0.15, 0.2) is 0 Å². The van der Waals surface area contributed by atoms with E-state index in [1.807, 2.05) is 18.3 Å². The van der Waals surface area contributed by atoms with Gasteiger partial charge in [0.2, 0.25) is 5.89 Å². The molecule has 0 amide bonds. The van der Waals surface area contributed by atoms with Crippen LogP contribution < -0.4 is 0 Å². The van der Waals surface area contributed by atoms with E-state index in [2.05, 4.69) is 47.0 Å². The average molecular weight is 324 g/mol. The number of aryl methyl sites for hydroxylation is 1. The third kappa shape index (κ3) is 4.02. The van der Waals surface area contributed by atoms with Gasteiger partial charge in [-0.2, -0.15) is 5.26 Å². The lowest BCUT2D eigenvalue weighted by Gasteiger charge is -2.23. The van der Waals surface area contributed by atoms with Gasteiger partial charge in [0.25, 0.3) is 0 Å². The van der Waals surface area contributed by atoms with E-state index >= 15 is 0 Å². The second-order valence-corrected chi connectivity index (χ2v) is 6.48. The maximum absolute atomic E-state index is 8.87. The topological polar surface area (TPSA) is 56.3 Å². The van der Waals surface area contributed by atoms with Gasteiger partial charge in [0.05, 0.1) is 24.4 Å². The first-order chi connectivity index (χ1) is 11.7. The standard InChI is InChI=1S/C19H24N4O/c1-3-18-11-21-19(24-18)14-22(2)17-8-9-23(13-17)12-16-6-4-15(10-20)5-7-16/h4-7,11,17H,3,8-9,12-14H2,1-2H3/t17-/m1/s1. The third-order valence-electron chi connectivity index (χ3n) is 4.69. The van der Waals surface area contributed by atoms with Crippen LogP contribution in [0.1, 0.15) is 36.1 Å². The van der Waals surface area contributed by atoms with Crippen molar-refractivity contribution in [2.24, 2.45) is 0 Å². The first kappa shape index (κ1) is 16.7. The minimum Gasteiger partial charge on any atom is -0.444 e. The fourth-order valence-electron chi connectivity index (χ4n) is 3.19. The van der Waals surface area contributed by atoms with Gasteiger partial charge in [-0.05, 0) is 31.2 Å². The van der Waals surface area contributed by atoms with Crippen molar-refractivity contribution < 1.29 is 4.42 Å². The van der Waals surface area contributed by atoms with Crippen LogP contribution in [0.25, 0.3) is 0 Å². The number of oxazole rings is 1. The van der Waals surface area contributed by atoms with Crippen molar-refractivity contribution in [2.45, 2.75) is 38.9 Å². The molecule has 5 heteroatoms. The van der Waals surface area contributed by atoms with Crippen LogP contribution in [-0.4, -0.2) is 41.0 Å². The molecular weight excluding hydrogens is 300 g/mol. The highest BCUT2D eigenvalue weighted by Gasteiger charge is 2.26. The van der Waals surface area contributed by atoms with Crippen LogP contribution in [0.15, 0.2) is 34.9 Å². The molecule has 3 rings (SSSR count). The molecule has 1 aliphatic heterocycles. The Kier molecular flexibility index (Phi) is 5.29. The van der Waals surface area contributed by atoms with E-state index in [4.69, 9.17) is 9.68 Å². The summed E-state index contributed by atoms with van der Waals surface area (Å²) in [6.45, 7) is 5.93. The fraction of sp³-hybridized carbons (Fsp3) is 0.474. The minimum atomic E-state index is 0.528. The normalized spacial score (nSPS) is 18.2. The van der Waals surface area contributed by atoms with Crippen molar-refractivity contribution in [3.8, 4) is 6.07 Å². The molecule has 2 aromatic rings. The summed E-state index contributed by atoms with van der Waals surface area (Å²) in [5, 5.41) is 8.87. The Balaban J connectivity index is 1.51. The number of likely N-dealkylation sites (tertiary alicyclic amines) is 1. The molecule has 0 N–H and O–H groups in total. The van der Waals surface area contributed by atoms with Crippen molar-refractivity contribution in [1.29, 1.82) is 5.26 Å². The second kappa shape index (κ2) is 7.61. The summed E-state index contributed by atoms with van der Waals surface area (Å²) in [5.41, 5.74) is 1.98. The predicted octanol–water partition coefficient (Wildman–Crippen LogP) is 2.81. The third-order valence-corrected chi connectivity index (χ3v) is 4.69. The van der Waals surface area contributed by atoms with Crippen molar-refractivity contribution >= 4 is 0 Å². The summed E-state index contributed by atoms with van der Waals surface area (Å²) >= 11 is 0. The number of nitriles is 1. The molecular formula is C19H24N4O. The summed E-state index contributed by atoms with van der Waals surface area (Å²) in [4.78, 5) is 9.16. The number of benzene rings is 1. The number of aromatic nitrogens is 1. The molecule has 1 fully saturated rings. The first-order valence-electron chi connectivity index (χ1n) is 8.53. The van der Waals surface area contributed by atoms with Crippen LogP contribution >= 0.6 is 0 Å². The molecule has 1 aliphatic rings. The SMILES string of the molecule is CCc1cnc(CN(C)[C@@H]2CCN(Cc3ccc(C#N)cc3)C2)o1. The van der Waals surface area contributed by atoms with Crippen molar-refractivity contribution in [1.82, 2.24) is 14.8 Å². The zero-order chi connectivity index (χ0) is 16.9. The van der Waals surface area contributed by atoms with E-state index in [0.717, 1.165) is 56.2 Å². The Hall–Kier alpha value is -2.16. The lowest BCUT2D eigenvalue weighted by Crippen LogP contribution is -2.34. The van der Waals surface area contributed by atoms with Gasteiger partial charge in [-0.1, -0.05) is 19.1 Å². The molecule has 1 aromatic carbocycles. The van der Waals surface area contributed by atoms with E-state index in [9.17, 15) is 0 Å². The molecule has 1 saturated heterocycles. The molecule has 5 nitrogen and oxygen atoms in total. The molecule has 126 valence electrons. The van der Waals surface area contributed by atoms with Crippen LogP contribution in [0.5, 0.6) is 0 Å². The summed E-state index contributed by atoms with van der Waals surface area (Å²) in [5.74, 6) is 1.76. The van der Waals surface area contributed by atoms with E-state index in [1.165, 1.54) is 5.56 Å². The number of hydrogen-bond acceptors (Lipinski definition) is 5. The summed E-state index contributed by atoms with van der Waals surface area (Å²) < 4.78 is 5.71. The maximum atomic E-state index is 8.87. The molecule has 0 saturated carbocycles. The molecule has 0 unspecified atom stereocenters. The second-order valence-electron chi connectivity index (χ2n) is 6.48. The lowest BCUT2D eigenvalue weighted by atomic mass is 10.1. The Morgan fingerprint density at radius 2 is 2.17 bits per heavy atom. The number of hydrogen-bond donors (Lipinski definition) is 0. The number of rotatable bonds is 6. The summed E-state index contributed by atoms with van der Waals surface area (Å²) in [6, 6.07) is 10.6. The maximum Gasteiger partial charge on any atom is 0.208 e. The largest absolute Gasteiger partial charge is 0.444 e. The summed E-state index contributed by atoms with van der Waals surface area (Å²) in [6.07, 6.45) is 3.88. The molecule has 24 heavy (non-hydrogen) atoms. The molecule has 1 atom stereocenters. The van der Waals surface area contributed by atoms with Crippen LogP contribution in [0, 0.1) is 11.3 Å².